The molecule has 1 aliphatic carbocycles. The van der Waals surface area contributed by atoms with Crippen LogP contribution in [0.4, 0.5) is 8.78 Å². The fourth-order valence-corrected chi connectivity index (χ4v) is 3.87. The van der Waals surface area contributed by atoms with E-state index in [0.717, 1.165) is 32.5 Å². The summed E-state index contributed by atoms with van der Waals surface area (Å²) < 4.78 is 31.4. The van der Waals surface area contributed by atoms with Crippen LogP contribution in [-0.2, 0) is 9.53 Å². The number of nitrogens with zero attached hydrogens (tertiary/aromatic N) is 1. The Morgan fingerprint density at radius 3 is 2.70 bits per heavy atom. The molecule has 0 amide bonds. The lowest BCUT2D eigenvalue weighted by Gasteiger charge is -2.50. The predicted molar refractivity (Wildman–Crippen MR) is 69.7 cm³/mol. The van der Waals surface area contributed by atoms with Crippen LogP contribution in [0.3, 0.4) is 0 Å². The van der Waals surface area contributed by atoms with Crippen molar-refractivity contribution in [2.45, 2.75) is 56.1 Å². The van der Waals surface area contributed by atoms with E-state index in [9.17, 15) is 13.6 Å². The van der Waals surface area contributed by atoms with Crippen molar-refractivity contribution in [1.82, 2.24) is 10.2 Å². The van der Waals surface area contributed by atoms with Crippen molar-refractivity contribution >= 4 is 5.97 Å². The van der Waals surface area contributed by atoms with E-state index in [2.05, 4.69) is 10.2 Å². The molecule has 1 spiro atoms. The Balaban J connectivity index is 1.67. The van der Waals surface area contributed by atoms with Crippen LogP contribution in [0, 0.1) is 0 Å². The molecule has 3 aliphatic rings. The minimum atomic E-state index is -3.29. The molecule has 2 saturated heterocycles. The van der Waals surface area contributed by atoms with Crippen LogP contribution in [0.5, 0.6) is 0 Å². The molecular formula is C14H22F2N2O2. The van der Waals surface area contributed by atoms with Gasteiger partial charge in [0.1, 0.15) is 6.10 Å². The second-order valence-corrected chi connectivity index (χ2v) is 6.34. The van der Waals surface area contributed by atoms with Crippen LogP contribution < -0.4 is 5.32 Å². The number of esters is 1. The SMILES string of the molecule is O=C1OC(CN2CCNCC23CCCCC3)CC1(F)F. The van der Waals surface area contributed by atoms with Crippen molar-refractivity contribution in [2.24, 2.45) is 0 Å². The first-order chi connectivity index (χ1) is 9.52. The second kappa shape index (κ2) is 5.22. The van der Waals surface area contributed by atoms with Crippen LogP contribution in [0.1, 0.15) is 38.5 Å². The summed E-state index contributed by atoms with van der Waals surface area (Å²) in [6.07, 6.45) is 4.73. The lowest BCUT2D eigenvalue weighted by Crippen LogP contribution is -2.63. The first-order valence-corrected chi connectivity index (χ1v) is 7.57. The zero-order valence-electron chi connectivity index (χ0n) is 11.7. The Kier molecular flexibility index (Phi) is 3.71. The number of hydrogen-bond acceptors (Lipinski definition) is 4. The smallest absolute Gasteiger partial charge is 0.377 e. The lowest BCUT2D eigenvalue weighted by molar-refractivity contribution is -0.159. The number of halogens is 2. The summed E-state index contributed by atoms with van der Waals surface area (Å²) in [5.74, 6) is -4.64. The van der Waals surface area contributed by atoms with Gasteiger partial charge in [0, 0.05) is 31.7 Å². The number of alkyl halides is 2. The van der Waals surface area contributed by atoms with Gasteiger partial charge in [-0.1, -0.05) is 19.3 Å². The number of carbonyl (C=O) groups is 1. The number of rotatable bonds is 2. The Morgan fingerprint density at radius 1 is 1.30 bits per heavy atom. The van der Waals surface area contributed by atoms with Crippen LogP contribution in [0.15, 0.2) is 0 Å². The number of cyclic esters (lactones) is 1. The van der Waals surface area contributed by atoms with Gasteiger partial charge in [0.2, 0.25) is 0 Å². The highest BCUT2D eigenvalue weighted by molar-refractivity contribution is 5.79. The number of piperazine rings is 1. The molecule has 4 nitrogen and oxygen atoms in total. The van der Waals surface area contributed by atoms with E-state index in [1.54, 1.807) is 0 Å². The first kappa shape index (κ1) is 14.2. The molecule has 1 unspecified atom stereocenters. The number of ether oxygens (including phenoxy) is 1. The topological polar surface area (TPSA) is 41.6 Å². The zero-order chi connectivity index (χ0) is 14.2. The van der Waals surface area contributed by atoms with Gasteiger partial charge in [-0.2, -0.15) is 8.78 Å². The van der Waals surface area contributed by atoms with Gasteiger partial charge in [0.05, 0.1) is 6.42 Å². The van der Waals surface area contributed by atoms with Crippen LogP contribution in [0.2, 0.25) is 0 Å². The molecule has 0 radical (unpaired) electrons. The molecule has 0 aromatic rings. The van der Waals surface area contributed by atoms with Gasteiger partial charge in [0.15, 0.2) is 0 Å². The van der Waals surface area contributed by atoms with E-state index >= 15 is 0 Å². The van der Waals surface area contributed by atoms with E-state index in [-0.39, 0.29) is 5.54 Å². The molecule has 3 fully saturated rings. The maximum Gasteiger partial charge on any atom is 0.377 e. The fraction of sp³-hybridized carbons (Fsp3) is 0.929. The predicted octanol–water partition coefficient (Wildman–Crippen LogP) is 1.55. The van der Waals surface area contributed by atoms with Gasteiger partial charge in [-0.25, -0.2) is 4.79 Å². The van der Waals surface area contributed by atoms with Crippen molar-refractivity contribution in [3.05, 3.63) is 0 Å². The second-order valence-electron chi connectivity index (χ2n) is 6.34. The Labute approximate surface area is 117 Å². The van der Waals surface area contributed by atoms with Crippen LogP contribution >= 0.6 is 0 Å². The van der Waals surface area contributed by atoms with E-state index in [1.807, 2.05) is 0 Å². The van der Waals surface area contributed by atoms with Crippen LogP contribution in [-0.4, -0.2) is 54.6 Å². The third-order valence-corrected chi connectivity index (χ3v) is 4.95. The number of hydrogen-bond donors (Lipinski definition) is 1. The number of carbonyl (C=O) groups excluding carboxylic acids is 1. The molecule has 1 N–H and O–H groups in total. The maximum atomic E-state index is 13.3. The van der Waals surface area contributed by atoms with E-state index in [4.69, 9.17) is 4.74 Å². The molecule has 0 aromatic heterocycles. The van der Waals surface area contributed by atoms with Crippen molar-refractivity contribution in [3.8, 4) is 0 Å². The summed E-state index contributed by atoms with van der Waals surface area (Å²) in [5.41, 5.74) is 0.0841. The summed E-state index contributed by atoms with van der Waals surface area (Å²) in [4.78, 5) is 13.4. The highest BCUT2D eigenvalue weighted by Gasteiger charge is 2.52. The standard InChI is InChI=1S/C14H22F2N2O2/c15-14(16)8-11(20-12(14)19)9-18-7-6-17-10-13(18)4-2-1-3-5-13/h11,17H,1-10H2. The quantitative estimate of drug-likeness (QED) is 0.783. The Hall–Kier alpha value is -0.750. The van der Waals surface area contributed by atoms with Gasteiger partial charge in [-0.05, 0) is 12.8 Å². The molecule has 114 valence electrons. The Bertz CT molecular complexity index is 375. The Morgan fingerprint density at radius 2 is 2.05 bits per heavy atom. The van der Waals surface area contributed by atoms with Crippen molar-refractivity contribution in [3.63, 3.8) is 0 Å². The van der Waals surface area contributed by atoms with E-state index in [1.165, 1.54) is 19.3 Å². The molecule has 0 bridgehead atoms. The molecule has 6 heteroatoms. The maximum absolute atomic E-state index is 13.3. The zero-order valence-corrected chi connectivity index (χ0v) is 11.7. The molecule has 1 saturated carbocycles. The van der Waals surface area contributed by atoms with E-state index in [0.29, 0.717) is 6.54 Å². The molecule has 20 heavy (non-hydrogen) atoms. The third kappa shape index (κ3) is 2.55. The van der Waals surface area contributed by atoms with Crippen molar-refractivity contribution in [1.29, 1.82) is 0 Å². The molecule has 1 atom stereocenters. The lowest BCUT2D eigenvalue weighted by atomic mass is 9.79. The first-order valence-electron chi connectivity index (χ1n) is 7.57. The highest BCUT2D eigenvalue weighted by atomic mass is 19.3. The minimum absolute atomic E-state index is 0.0841. The molecular weight excluding hydrogens is 266 g/mol. The molecule has 0 aromatic carbocycles. The summed E-state index contributed by atoms with van der Waals surface area (Å²) in [6, 6.07) is 0. The summed E-state index contributed by atoms with van der Waals surface area (Å²) in [5, 5.41) is 3.43. The molecule has 3 rings (SSSR count). The highest BCUT2D eigenvalue weighted by Crippen LogP contribution is 2.37. The average molecular weight is 288 g/mol. The van der Waals surface area contributed by atoms with Gasteiger partial charge >= 0.3 is 11.9 Å². The van der Waals surface area contributed by atoms with Crippen LogP contribution in [0.25, 0.3) is 0 Å². The van der Waals surface area contributed by atoms with Gasteiger partial charge < -0.3 is 10.1 Å². The minimum Gasteiger partial charge on any atom is -0.456 e. The number of nitrogens with one attached hydrogen (secondary N) is 1. The summed E-state index contributed by atoms with van der Waals surface area (Å²) >= 11 is 0. The average Bonchev–Trinajstić information content (AvgIpc) is 2.67. The molecule has 2 aliphatic heterocycles. The monoisotopic (exact) mass is 288 g/mol. The normalized spacial score (nSPS) is 33.3. The third-order valence-electron chi connectivity index (χ3n) is 4.95. The summed E-state index contributed by atoms with van der Waals surface area (Å²) in [6.45, 7) is 3.09. The fourth-order valence-electron chi connectivity index (χ4n) is 3.87. The molecule has 2 heterocycles. The van der Waals surface area contributed by atoms with Crippen molar-refractivity contribution < 1.29 is 18.3 Å². The van der Waals surface area contributed by atoms with Gasteiger partial charge in [0.25, 0.3) is 0 Å². The van der Waals surface area contributed by atoms with Gasteiger partial charge in [-0.3, -0.25) is 4.90 Å². The van der Waals surface area contributed by atoms with Crippen molar-refractivity contribution in [2.75, 3.05) is 26.2 Å². The van der Waals surface area contributed by atoms with Gasteiger partial charge in [-0.15, -0.1) is 0 Å². The largest absolute Gasteiger partial charge is 0.456 e. The van der Waals surface area contributed by atoms with E-state index < -0.39 is 24.4 Å². The summed E-state index contributed by atoms with van der Waals surface area (Å²) in [7, 11) is 0.